The number of para-hydroxylation sites is 1. The minimum atomic E-state index is -0.306. The number of carbonyl (C=O) groups excluding carboxylic acids is 1. The van der Waals surface area contributed by atoms with Gasteiger partial charge in [0.15, 0.2) is 0 Å². The highest BCUT2D eigenvalue weighted by Crippen LogP contribution is 2.25. The van der Waals surface area contributed by atoms with E-state index < -0.39 is 0 Å². The van der Waals surface area contributed by atoms with Gasteiger partial charge in [0.2, 0.25) is 5.95 Å². The van der Waals surface area contributed by atoms with E-state index >= 15 is 0 Å². The average molecular weight is 371 g/mol. The molecule has 3 rings (SSSR count). The van der Waals surface area contributed by atoms with Crippen LogP contribution in [0.25, 0.3) is 0 Å². The fraction of sp³-hybridized carbons (Fsp3) is 0.182. The summed E-state index contributed by atoms with van der Waals surface area (Å²) in [5.74, 6) is 0.144. The van der Waals surface area contributed by atoms with Crippen LogP contribution in [0.2, 0.25) is 0 Å². The van der Waals surface area contributed by atoms with Crippen LogP contribution in [0.1, 0.15) is 40.9 Å². The van der Waals surface area contributed by atoms with Crippen LogP contribution < -0.4 is 10.6 Å². The molecule has 6 nitrogen and oxygen atoms in total. The number of benzene rings is 2. The minimum absolute atomic E-state index is 0.306. The number of anilines is 3. The molecule has 0 unspecified atom stereocenters. The molecule has 0 atom stereocenters. The first-order valence-corrected chi connectivity index (χ1v) is 9.16. The summed E-state index contributed by atoms with van der Waals surface area (Å²) in [6.45, 7) is 4.22. The molecule has 2 N–H and O–H groups in total. The first-order valence-electron chi connectivity index (χ1n) is 9.16. The maximum Gasteiger partial charge on any atom is 0.258 e. The molecule has 1 aromatic heterocycles. The predicted molar refractivity (Wildman–Crippen MR) is 110 cm³/mol. The van der Waals surface area contributed by atoms with Gasteiger partial charge in [-0.3, -0.25) is 4.79 Å². The normalized spacial score (nSPS) is 10.2. The van der Waals surface area contributed by atoms with Crippen LogP contribution in [-0.2, 0) is 12.8 Å². The second-order valence-electron chi connectivity index (χ2n) is 6.22. The summed E-state index contributed by atoms with van der Waals surface area (Å²) in [7, 11) is 0. The highest BCUT2D eigenvalue weighted by Gasteiger charge is 2.10. The SMILES string of the molecule is CCc1cccc(CC)c1Nc1ncc(C(=O)Nc2ccc(C#N)cc2)cn1. The van der Waals surface area contributed by atoms with Gasteiger partial charge in [0.05, 0.1) is 17.2 Å². The van der Waals surface area contributed by atoms with Gasteiger partial charge in [0.1, 0.15) is 0 Å². The maximum atomic E-state index is 12.4. The summed E-state index contributed by atoms with van der Waals surface area (Å²) in [4.78, 5) is 20.9. The molecule has 6 heteroatoms. The molecule has 0 saturated carbocycles. The Balaban J connectivity index is 1.73. The van der Waals surface area contributed by atoms with Crippen molar-refractivity contribution in [2.45, 2.75) is 26.7 Å². The predicted octanol–water partition coefficient (Wildman–Crippen LogP) is 4.47. The fourth-order valence-electron chi connectivity index (χ4n) is 2.86. The molecule has 0 radical (unpaired) electrons. The lowest BCUT2D eigenvalue weighted by atomic mass is 10.0. The number of hydrogen-bond acceptors (Lipinski definition) is 5. The van der Waals surface area contributed by atoms with E-state index in [2.05, 4.69) is 52.6 Å². The number of amides is 1. The average Bonchev–Trinajstić information content (AvgIpc) is 2.75. The zero-order chi connectivity index (χ0) is 19.9. The van der Waals surface area contributed by atoms with Crippen LogP contribution in [0.5, 0.6) is 0 Å². The number of aryl methyl sites for hydroxylation is 2. The van der Waals surface area contributed by atoms with E-state index in [-0.39, 0.29) is 5.91 Å². The van der Waals surface area contributed by atoms with Crippen molar-refractivity contribution in [1.82, 2.24) is 9.97 Å². The van der Waals surface area contributed by atoms with E-state index in [9.17, 15) is 4.79 Å². The fourth-order valence-corrected chi connectivity index (χ4v) is 2.86. The quantitative estimate of drug-likeness (QED) is 0.667. The Morgan fingerprint density at radius 3 is 2.14 bits per heavy atom. The lowest BCUT2D eigenvalue weighted by Gasteiger charge is -2.14. The summed E-state index contributed by atoms with van der Waals surface area (Å²) in [6.07, 6.45) is 4.80. The third-order valence-corrected chi connectivity index (χ3v) is 4.42. The smallest absolute Gasteiger partial charge is 0.258 e. The molecular formula is C22H21N5O. The number of aromatic nitrogens is 2. The van der Waals surface area contributed by atoms with E-state index in [1.165, 1.54) is 23.5 Å². The molecular weight excluding hydrogens is 350 g/mol. The molecule has 0 aliphatic carbocycles. The second-order valence-corrected chi connectivity index (χ2v) is 6.22. The molecule has 0 bridgehead atoms. The second kappa shape index (κ2) is 8.78. The van der Waals surface area contributed by atoms with Gasteiger partial charge in [-0.1, -0.05) is 32.0 Å². The Kier molecular flexibility index (Phi) is 5.97. The topological polar surface area (TPSA) is 90.7 Å². The standard InChI is InChI=1S/C22H21N5O/c1-3-16-6-5-7-17(4-2)20(16)27-22-24-13-18(14-25-22)21(28)26-19-10-8-15(12-23)9-11-19/h5-11,13-14H,3-4H2,1-2H3,(H,26,28)(H,24,25,27). The van der Waals surface area contributed by atoms with Gasteiger partial charge in [-0.25, -0.2) is 9.97 Å². The third kappa shape index (κ3) is 4.33. The van der Waals surface area contributed by atoms with Crippen molar-refractivity contribution in [2.75, 3.05) is 10.6 Å². The Morgan fingerprint density at radius 1 is 1.00 bits per heavy atom. The molecule has 0 spiro atoms. The van der Waals surface area contributed by atoms with Crippen LogP contribution in [-0.4, -0.2) is 15.9 Å². The largest absolute Gasteiger partial charge is 0.324 e. The third-order valence-electron chi connectivity index (χ3n) is 4.42. The lowest BCUT2D eigenvalue weighted by Crippen LogP contribution is -2.13. The van der Waals surface area contributed by atoms with Crippen molar-refractivity contribution in [3.8, 4) is 6.07 Å². The Labute approximate surface area is 164 Å². The van der Waals surface area contributed by atoms with Crippen molar-refractivity contribution < 1.29 is 4.79 Å². The van der Waals surface area contributed by atoms with E-state index in [4.69, 9.17) is 5.26 Å². The molecule has 0 fully saturated rings. The molecule has 1 amide bonds. The first kappa shape index (κ1) is 19.1. The molecule has 1 heterocycles. The van der Waals surface area contributed by atoms with Gasteiger partial charge >= 0.3 is 0 Å². The van der Waals surface area contributed by atoms with Crippen LogP contribution in [0, 0.1) is 11.3 Å². The summed E-state index contributed by atoms with van der Waals surface area (Å²) >= 11 is 0. The highest BCUT2D eigenvalue weighted by molar-refractivity contribution is 6.03. The number of rotatable bonds is 6. The molecule has 28 heavy (non-hydrogen) atoms. The summed E-state index contributed by atoms with van der Waals surface area (Å²) < 4.78 is 0. The van der Waals surface area contributed by atoms with Gasteiger partial charge < -0.3 is 10.6 Å². The number of nitriles is 1. The number of carbonyl (C=O) groups is 1. The summed E-state index contributed by atoms with van der Waals surface area (Å²) in [6, 6.07) is 14.9. The molecule has 0 saturated heterocycles. The Hall–Kier alpha value is -3.72. The number of nitrogens with one attached hydrogen (secondary N) is 2. The van der Waals surface area contributed by atoms with Crippen molar-refractivity contribution in [2.24, 2.45) is 0 Å². The molecule has 2 aromatic carbocycles. The van der Waals surface area contributed by atoms with Gasteiger partial charge in [-0.05, 0) is 48.2 Å². The van der Waals surface area contributed by atoms with Gasteiger partial charge in [-0.2, -0.15) is 5.26 Å². The van der Waals surface area contributed by atoms with Crippen LogP contribution in [0.4, 0.5) is 17.3 Å². The van der Waals surface area contributed by atoms with Crippen molar-refractivity contribution >= 4 is 23.2 Å². The van der Waals surface area contributed by atoms with Crippen molar-refractivity contribution in [1.29, 1.82) is 5.26 Å². The Bertz CT molecular complexity index is 982. The minimum Gasteiger partial charge on any atom is -0.324 e. The Morgan fingerprint density at radius 2 is 1.61 bits per heavy atom. The van der Waals surface area contributed by atoms with Crippen LogP contribution >= 0.6 is 0 Å². The summed E-state index contributed by atoms with van der Waals surface area (Å²) in [5.41, 5.74) is 4.93. The van der Waals surface area contributed by atoms with E-state index in [1.54, 1.807) is 24.3 Å². The lowest BCUT2D eigenvalue weighted by molar-refractivity contribution is 0.102. The molecule has 3 aromatic rings. The zero-order valence-electron chi connectivity index (χ0n) is 15.9. The van der Waals surface area contributed by atoms with Crippen molar-refractivity contribution in [3.63, 3.8) is 0 Å². The maximum absolute atomic E-state index is 12.4. The monoisotopic (exact) mass is 371 g/mol. The zero-order valence-corrected chi connectivity index (χ0v) is 15.9. The molecule has 0 aliphatic rings. The number of hydrogen-bond donors (Lipinski definition) is 2. The van der Waals surface area contributed by atoms with Gasteiger partial charge in [0, 0.05) is 23.8 Å². The van der Waals surface area contributed by atoms with Gasteiger partial charge in [0.25, 0.3) is 5.91 Å². The number of nitrogens with zero attached hydrogens (tertiary/aromatic N) is 3. The summed E-state index contributed by atoms with van der Waals surface area (Å²) in [5, 5.41) is 14.9. The highest BCUT2D eigenvalue weighted by atomic mass is 16.1. The van der Waals surface area contributed by atoms with Gasteiger partial charge in [-0.15, -0.1) is 0 Å². The van der Waals surface area contributed by atoms with Crippen molar-refractivity contribution in [3.05, 3.63) is 77.1 Å². The van der Waals surface area contributed by atoms with E-state index in [0.29, 0.717) is 22.8 Å². The van der Waals surface area contributed by atoms with E-state index in [1.807, 2.05) is 6.07 Å². The van der Waals surface area contributed by atoms with Crippen LogP contribution in [0.3, 0.4) is 0 Å². The first-order chi connectivity index (χ1) is 13.6. The van der Waals surface area contributed by atoms with Crippen LogP contribution in [0.15, 0.2) is 54.9 Å². The molecule has 0 aliphatic heterocycles. The molecule has 140 valence electrons. The van der Waals surface area contributed by atoms with E-state index in [0.717, 1.165) is 18.5 Å².